The van der Waals surface area contributed by atoms with Crippen LogP contribution in [-0.4, -0.2) is 30.5 Å². The smallest absolute Gasteiger partial charge is 0.306 e. The maximum Gasteiger partial charge on any atom is 0.306 e. The fraction of sp³-hybridized carbons (Fsp3) is 0.300. The summed E-state index contributed by atoms with van der Waals surface area (Å²) in [5.41, 5.74) is 2.24. The first-order valence-electron chi connectivity index (χ1n) is 8.64. The SMILES string of the molecule is COc1ccc(CCC(=O)OCC(=O)Nc2c([N+](=O)[O-])ccc(C)c2C)cc1. The molecule has 0 aliphatic rings. The number of nitro groups is 1. The van der Waals surface area contributed by atoms with Crippen LogP contribution in [0.5, 0.6) is 5.75 Å². The number of nitro benzene ring substituents is 1. The molecule has 0 unspecified atom stereocenters. The van der Waals surface area contributed by atoms with Gasteiger partial charge in [0.15, 0.2) is 6.61 Å². The molecule has 0 atom stereocenters. The van der Waals surface area contributed by atoms with Gasteiger partial charge in [-0.05, 0) is 49.1 Å². The molecule has 0 heterocycles. The average molecular weight is 386 g/mol. The van der Waals surface area contributed by atoms with Crippen molar-refractivity contribution in [1.29, 1.82) is 0 Å². The summed E-state index contributed by atoms with van der Waals surface area (Å²) in [6.45, 7) is 2.96. The Labute approximate surface area is 162 Å². The van der Waals surface area contributed by atoms with Crippen LogP contribution in [0.1, 0.15) is 23.1 Å². The number of ether oxygens (including phenoxy) is 2. The molecule has 1 amide bonds. The number of hydrogen-bond donors (Lipinski definition) is 1. The maximum atomic E-state index is 12.1. The van der Waals surface area contributed by atoms with Gasteiger partial charge in [0.2, 0.25) is 0 Å². The lowest BCUT2D eigenvalue weighted by molar-refractivity contribution is -0.384. The van der Waals surface area contributed by atoms with E-state index in [9.17, 15) is 19.7 Å². The van der Waals surface area contributed by atoms with E-state index in [-0.39, 0.29) is 17.8 Å². The maximum absolute atomic E-state index is 12.1. The molecule has 0 saturated heterocycles. The van der Waals surface area contributed by atoms with E-state index in [0.29, 0.717) is 12.0 Å². The first-order chi connectivity index (χ1) is 13.3. The minimum Gasteiger partial charge on any atom is -0.497 e. The summed E-state index contributed by atoms with van der Waals surface area (Å²) >= 11 is 0. The van der Waals surface area contributed by atoms with Gasteiger partial charge in [-0.3, -0.25) is 19.7 Å². The number of methoxy groups -OCH3 is 1. The Morgan fingerprint density at radius 3 is 2.39 bits per heavy atom. The fourth-order valence-corrected chi connectivity index (χ4v) is 2.54. The number of hydrogen-bond acceptors (Lipinski definition) is 6. The van der Waals surface area contributed by atoms with E-state index >= 15 is 0 Å². The first-order valence-corrected chi connectivity index (χ1v) is 8.64. The fourth-order valence-electron chi connectivity index (χ4n) is 2.54. The van der Waals surface area contributed by atoms with Gasteiger partial charge in [0, 0.05) is 12.5 Å². The molecular formula is C20H22N2O6. The third kappa shape index (κ3) is 5.54. The topological polar surface area (TPSA) is 108 Å². The molecule has 2 aromatic rings. The van der Waals surface area contributed by atoms with Crippen LogP contribution in [0, 0.1) is 24.0 Å². The predicted molar refractivity (Wildman–Crippen MR) is 103 cm³/mol. The lowest BCUT2D eigenvalue weighted by atomic mass is 10.1. The quantitative estimate of drug-likeness (QED) is 0.423. The lowest BCUT2D eigenvalue weighted by Gasteiger charge is -2.11. The molecule has 1 N–H and O–H groups in total. The molecule has 0 aromatic heterocycles. The summed E-state index contributed by atoms with van der Waals surface area (Å²) in [5, 5.41) is 13.6. The normalized spacial score (nSPS) is 10.2. The largest absolute Gasteiger partial charge is 0.497 e. The molecule has 0 aliphatic heterocycles. The Balaban J connectivity index is 1.87. The van der Waals surface area contributed by atoms with Gasteiger partial charge in [0.05, 0.1) is 12.0 Å². The number of nitrogens with zero attached hydrogens (tertiary/aromatic N) is 1. The summed E-state index contributed by atoms with van der Waals surface area (Å²) < 4.78 is 10.0. The number of amides is 1. The Hall–Kier alpha value is -3.42. The van der Waals surface area contributed by atoms with Crippen LogP contribution < -0.4 is 10.1 Å². The standard InChI is InChI=1S/C20H22N2O6/c1-13-4-10-17(22(25)26)20(14(13)2)21-18(23)12-28-19(24)11-7-15-5-8-16(27-3)9-6-15/h4-6,8-10H,7,11-12H2,1-3H3,(H,21,23). The van der Waals surface area contributed by atoms with Crippen molar-refractivity contribution >= 4 is 23.3 Å². The van der Waals surface area contributed by atoms with Gasteiger partial charge in [0.1, 0.15) is 11.4 Å². The summed E-state index contributed by atoms with van der Waals surface area (Å²) in [5.74, 6) is -0.431. The summed E-state index contributed by atoms with van der Waals surface area (Å²) in [6, 6.07) is 10.2. The van der Waals surface area contributed by atoms with Crippen molar-refractivity contribution < 1.29 is 24.0 Å². The number of benzene rings is 2. The third-order valence-electron chi connectivity index (χ3n) is 4.32. The van der Waals surface area contributed by atoms with Crippen LogP contribution in [0.3, 0.4) is 0 Å². The minimum absolute atomic E-state index is 0.114. The highest BCUT2D eigenvalue weighted by molar-refractivity contribution is 5.96. The van der Waals surface area contributed by atoms with E-state index in [1.54, 1.807) is 39.2 Å². The van der Waals surface area contributed by atoms with Gasteiger partial charge in [-0.2, -0.15) is 0 Å². The van der Waals surface area contributed by atoms with Crippen molar-refractivity contribution in [2.24, 2.45) is 0 Å². The van der Waals surface area contributed by atoms with Crippen molar-refractivity contribution in [2.75, 3.05) is 19.0 Å². The zero-order valence-electron chi connectivity index (χ0n) is 16.0. The number of rotatable bonds is 8. The van der Waals surface area contributed by atoms with Crippen molar-refractivity contribution in [3.63, 3.8) is 0 Å². The number of carbonyl (C=O) groups is 2. The van der Waals surface area contributed by atoms with Gasteiger partial charge in [0.25, 0.3) is 11.6 Å². The van der Waals surface area contributed by atoms with Crippen LogP contribution in [-0.2, 0) is 20.7 Å². The number of nitrogens with one attached hydrogen (secondary N) is 1. The number of anilines is 1. The monoisotopic (exact) mass is 386 g/mol. The molecule has 8 heteroatoms. The molecule has 2 aromatic carbocycles. The molecule has 0 fully saturated rings. The molecule has 0 radical (unpaired) electrons. The Morgan fingerprint density at radius 2 is 1.79 bits per heavy atom. The van der Waals surface area contributed by atoms with Crippen LogP contribution in [0.4, 0.5) is 11.4 Å². The number of esters is 1. The molecule has 28 heavy (non-hydrogen) atoms. The lowest BCUT2D eigenvalue weighted by Crippen LogP contribution is -2.22. The molecule has 0 saturated carbocycles. The van der Waals surface area contributed by atoms with E-state index in [2.05, 4.69) is 5.32 Å². The number of carbonyl (C=O) groups excluding carboxylic acids is 2. The van der Waals surface area contributed by atoms with Gasteiger partial charge >= 0.3 is 5.97 Å². The highest BCUT2D eigenvalue weighted by atomic mass is 16.6. The highest BCUT2D eigenvalue weighted by Crippen LogP contribution is 2.30. The molecule has 0 bridgehead atoms. The summed E-state index contributed by atoms with van der Waals surface area (Å²) in [4.78, 5) is 34.5. The van der Waals surface area contributed by atoms with Crippen LogP contribution in [0.25, 0.3) is 0 Å². The second kappa shape index (κ2) is 9.50. The molecule has 148 valence electrons. The van der Waals surface area contributed by atoms with Gasteiger partial charge < -0.3 is 14.8 Å². The third-order valence-corrected chi connectivity index (χ3v) is 4.32. The Kier molecular flexibility index (Phi) is 7.08. The number of aryl methyl sites for hydroxylation is 2. The zero-order chi connectivity index (χ0) is 20.7. The van der Waals surface area contributed by atoms with Crippen molar-refractivity contribution in [3.8, 4) is 5.75 Å². The summed E-state index contributed by atoms with van der Waals surface area (Å²) in [7, 11) is 1.57. The van der Waals surface area contributed by atoms with E-state index in [4.69, 9.17) is 9.47 Å². The zero-order valence-corrected chi connectivity index (χ0v) is 16.0. The highest BCUT2D eigenvalue weighted by Gasteiger charge is 2.20. The molecule has 0 aliphatic carbocycles. The second-order valence-electron chi connectivity index (χ2n) is 6.22. The molecule has 8 nitrogen and oxygen atoms in total. The van der Waals surface area contributed by atoms with Crippen LogP contribution in [0.2, 0.25) is 0 Å². The first kappa shape index (κ1) is 20.9. The second-order valence-corrected chi connectivity index (χ2v) is 6.22. The Bertz CT molecular complexity index is 877. The van der Waals surface area contributed by atoms with Gasteiger partial charge in [-0.15, -0.1) is 0 Å². The average Bonchev–Trinajstić information content (AvgIpc) is 2.68. The van der Waals surface area contributed by atoms with Crippen LogP contribution in [0.15, 0.2) is 36.4 Å². The van der Waals surface area contributed by atoms with Crippen molar-refractivity contribution in [1.82, 2.24) is 0 Å². The van der Waals surface area contributed by atoms with Gasteiger partial charge in [-0.1, -0.05) is 18.2 Å². The van der Waals surface area contributed by atoms with E-state index in [1.807, 2.05) is 12.1 Å². The van der Waals surface area contributed by atoms with Crippen molar-refractivity contribution in [2.45, 2.75) is 26.7 Å². The van der Waals surface area contributed by atoms with Gasteiger partial charge in [-0.25, -0.2) is 0 Å². The molecule has 2 rings (SSSR count). The van der Waals surface area contributed by atoms with Crippen molar-refractivity contribution in [3.05, 3.63) is 63.2 Å². The van der Waals surface area contributed by atoms with Crippen LogP contribution >= 0.6 is 0 Å². The molecule has 0 spiro atoms. The molecular weight excluding hydrogens is 364 g/mol. The minimum atomic E-state index is -0.630. The van der Waals surface area contributed by atoms with E-state index in [1.165, 1.54) is 6.07 Å². The van der Waals surface area contributed by atoms with E-state index in [0.717, 1.165) is 16.9 Å². The Morgan fingerprint density at radius 1 is 1.11 bits per heavy atom. The summed E-state index contributed by atoms with van der Waals surface area (Å²) in [6.07, 6.45) is 0.580. The predicted octanol–water partition coefficient (Wildman–Crippen LogP) is 3.33. The van der Waals surface area contributed by atoms with E-state index < -0.39 is 23.4 Å².